The predicted molar refractivity (Wildman–Crippen MR) is 197 cm³/mol. The van der Waals surface area contributed by atoms with Gasteiger partial charge in [-0.15, -0.1) is 0 Å². The van der Waals surface area contributed by atoms with Crippen LogP contribution in [0.3, 0.4) is 0 Å². The summed E-state index contributed by atoms with van der Waals surface area (Å²) in [6.07, 6.45) is 0. The second kappa shape index (κ2) is 10.2. The largest absolute Gasteiger partial charge is 0.456 e. The molecular formula is C44H24N4O. The second-order valence-electron chi connectivity index (χ2n) is 12.4. The van der Waals surface area contributed by atoms with Crippen LogP contribution < -0.4 is 0 Å². The van der Waals surface area contributed by atoms with Crippen LogP contribution in [-0.2, 0) is 0 Å². The minimum Gasteiger partial charge on any atom is -0.456 e. The minimum atomic E-state index is 0.647. The Hall–Kier alpha value is -7.08. The van der Waals surface area contributed by atoms with Gasteiger partial charge in [0.15, 0.2) is 0 Å². The van der Waals surface area contributed by atoms with Crippen LogP contribution in [0, 0.1) is 22.7 Å². The molecule has 0 saturated carbocycles. The molecule has 0 amide bonds. The Labute approximate surface area is 280 Å². The Bertz CT molecular complexity index is 3090. The third-order valence-electron chi connectivity index (χ3n) is 9.78. The van der Waals surface area contributed by atoms with Crippen molar-refractivity contribution < 1.29 is 4.42 Å². The fourth-order valence-electron chi connectivity index (χ4n) is 7.68. The van der Waals surface area contributed by atoms with Crippen molar-refractivity contribution in [3.8, 4) is 34.6 Å². The Morgan fingerprint density at radius 2 is 1.04 bits per heavy atom. The van der Waals surface area contributed by atoms with Crippen molar-refractivity contribution in [2.75, 3.05) is 0 Å². The molecule has 3 heterocycles. The number of furan rings is 1. The van der Waals surface area contributed by atoms with Crippen LogP contribution in [0.4, 0.5) is 0 Å². The summed E-state index contributed by atoms with van der Waals surface area (Å²) in [5.41, 5.74) is 11.1. The molecule has 7 aromatic carbocycles. The lowest BCUT2D eigenvalue weighted by Gasteiger charge is -2.11. The van der Waals surface area contributed by atoms with Gasteiger partial charge in [-0.3, -0.25) is 0 Å². The highest BCUT2D eigenvalue weighted by Crippen LogP contribution is 2.39. The zero-order chi connectivity index (χ0) is 32.6. The lowest BCUT2D eigenvalue weighted by Crippen LogP contribution is -1.96. The first-order valence-corrected chi connectivity index (χ1v) is 16.1. The van der Waals surface area contributed by atoms with E-state index in [2.05, 4.69) is 106 Å². The summed E-state index contributed by atoms with van der Waals surface area (Å²) in [6.45, 7) is 0. The highest BCUT2D eigenvalue weighted by atomic mass is 16.3. The summed E-state index contributed by atoms with van der Waals surface area (Å²) in [7, 11) is 0. The molecule has 5 nitrogen and oxygen atoms in total. The van der Waals surface area contributed by atoms with E-state index < -0.39 is 0 Å². The Morgan fingerprint density at radius 1 is 0.429 bits per heavy atom. The smallest absolute Gasteiger partial charge is 0.135 e. The molecule has 0 spiro atoms. The average Bonchev–Trinajstić information content (AvgIpc) is 3.82. The number of benzene rings is 7. The molecule has 0 aliphatic carbocycles. The van der Waals surface area contributed by atoms with Gasteiger partial charge in [0.1, 0.15) is 17.2 Å². The van der Waals surface area contributed by atoms with E-state index in [1.54, 1.807) is 0 Å². The number of rotatable bonds is 3. The molecule has 0 unspecified atom stereocenters. The van der Waals surface area contributed by atoms with Crippen LogP contribution in [0.25, 0.3) is 88.1 Å². The molecule has 3 aromatic heterocycles. The molecule has 0 radical (unpaired) electrons. The monoisotopic (exact) mass is 624 g/mol. The first-order valence-electron chi connectivity index (χ1n) is 16.1. The van der Waals surface area contributed by atoms with E-state index in [1.165, 1.54) is 0 Å². The van der Waals surface area contributed by atoms with Crippen molar-refractivity contribution in [3.63, 3.8) is 0 Å². The molecule has 10 aromatic rings. The summed E-state index contributed by atoms with van der Waals surface area (Å²) in [5.74, 6) is 0. The van der Waals surface area contributed by atoms with Gasteiger partial charge in [-0.25, -0.2) is 0 Å². The topological polar surface area (TPSA) is 70.6 Å². The standard InChI is InChI=1S/C44H24N4O/c45-25-29-9-7-17-40-43(29)35-13-2-4-16-39(35)47(40)32-19-21-42-37(24-32)36-23-28(18-20-41(36)49-42)27-8-5-11-31(22-27)48-38-15-3-1-12-33(38)34-14-6-10-30(26-46)44(34)48/h1-24H. The molecule has 0 fully saturated rings. The van der Waals surface area contributed by atoms with E-state index in [0.717, 1.165) is 88.1 Å². The number of hydrogen-bond donors (Lipinski definition) is 0. The summed E-state index contributed by atoms with van der Waals surface area (Å²) in [5, 5.41) is 26.2. The molecule has 0 saturated heterocycles. The van der Waals surface area contributed by atoms with E-state index in [-0.39, 0.29) is 0 Å². The molecular weight excluding hydrogens is 601 g/mol. The molecule has 0 N–H and O–H groups in total. The van der Waals surface area contributed by atoms with Gasteiger partial charge in [0.2, 0.25) is 0 Å². The van der Waals surface area contributed by atoms with Gasteiger partial charge in [0, 0.05) is 43.7 Å². The number of fused-ring (bicyclic) bond motifs is 9. The summed E-state index contributed by atoms with van der Waals surface area (Å²) >= 11 is 0. The number of nitrogens with zero attached hydrogens (tertiary/aromatic N) is 4. The van der Waals surface area contributed by atoms with Crippen LogP contribution in [0.15, 0.2) is 150 Å². The first kappa shape index (κ1) is 27.1. The predicted octanol–water partition coefficient (Wildman–Crippen LogP) is 11.2. The van der Waals surface area contributed by atoms with Crippen molar-refractivity contribution >= 4 is 65.6 Å². The average molecular weight is 625 g/mol. The summed E-state index contributed by atoms with van der Waals surface area (Å²) in [4.78, 5) is 0. The van der Waals surface area contributed by atoms with Crippen LogP contribution >= 0.6 is 0 Å². The van der Waals surface area contributed by atoms with Crippen molar-refractivity contribution in [1.29, 1.82) is 10.5 Å². The van der Waals surface area contributed by atoms with E-state index in [4.69, 9.17) is 4.42 Å². The Morgan fingerprint density at radius 3 is 1.88 bits per heavy atom. The van der Waals surface area contributed by atoms with Gasteiger partial charge in [0.05, 0.1) is 39.3 Å². The van der Waals surface area contributed by atoms with E-state index in [9.17, 15) is 10.5 Å². The molecule has 10 rings (SSSR count). The number of aromatic nitrogens is 2. The molecule has 0 atom stereocenters. The maximum atomic E-state index is 10.1. The zero-order valence-electron chi connectivity index (χ0n) is 26.1. The minimum absolute atomic E-state index is 0.647. The Balaban J connectivity index is 1.16. The van der Waals surface area contributed by atoms with Crippen molar-refractivity contribution in [2.24, 2.45) is 0 Å². The van der Waals surface area contributed by atoms with Crippen molar-refractivity contribution in [1.82, 2.24) is 9.13 Å². The van der Waals surface area contributed by atoms with Gasteiger partial charge in [-0.1, -0.05) is 72.8 Å². The molecule has 0 aliphatic rings. The van der Waals surface area contributed by atoms with Crippen LogP contribution in [0.5, 0.6) is 0 Å². The maximum absolute atomic E-state index is 10.1. The van der Waals surface area contributed by atoms with Crippen LogP contribution in [0.1, 0.15) is 11.1 Å². The van der Waals surface area contributed by atoms with E-state index in [0.29, 0.717) is 11.1 Å². The third kappa shape index (κ3) is 3.85. The lowest BCUT2D eigenvalue weighted by atomic mass is 10.0. The first-order chi connectivity index (χ1) is 24.2. The number of hydrogen-bond acceptors (Lipinski definition) is 3. The normalized spacial score (nSPS) is 11.6. The number of nitriles is 2. The molecule has 226 valence electrons. The molecule has 5 heteroatoms. The summed E-state index contributed by atoms with van der Waals surface area (Å²) in [6, 6.07) is 54.4. The lowest BCUT2D eigenvalue weighted by molar-refractivity contribution is 0.669. The van der Waals surface area contributed by atoms with Crippen molar-refractivity contribution in [3.05, 3.63) is 157 Å². The quantitative estimate of drug-likeness (QED) is 0.196. The maximum Gasteiger partial charge on any atom is 0.135 e. The van der Waals surface area contributed by atoms with Crippen molar-refractivity contribution in [2.45, 2.75) is 0 Å². The molecule has 0 bridgehead atoms. The number of para-hydroxylation sites is 3. The fraction of sp³-hybridized carbons (Fsp3) is 0. The van der Waals surface area contributed by atoms with Crippen LogP contribution in [0.2, 0.25) is 0 Å². The molecule has 49 heavy (non-hydrogen) atoms. The fourth-order valence-corrected chi connectivity index (χ4v) is 7.68. The highest BCUT2D eigenvalue weighted by Gasteiger charge is 2.18. The van der Waals surface area contributed by atoms with Gasteiger partial charge in [0.25, 0.3) is 0 Å². The summed E-state index contributed by atoms with van der Waals surface area (Å²) < 4.78 is 10.8. The third-order valence-corrected chi connectivity index (χ3v) is 9.78. The van der Waals surface area contributed by atoms with E-state index >= 15 is 0 Å². The van der Waals surface area contributed by atoms with Crippen LogP contribution in [-0.4, -0.2) is 9.13 Å². The van der Waals surface area contributed by atoms with E-state index in [1.807, 2.05) is 60.7 Å². The van der Waals surface area contributed by atoms with Gasteiger partial charge >= 0.3 is 0 Å². The SMILES string of the molecule is N#Cc1cccc2c1c1ccccc1n2-c1ccc2oc3ccc(-c4cccc(-n5c6ccccc6c6cccc(C#N)c65)c4)cc3c2c1. The zero-order valence-corrected chi connectivity index (χ0v) is 26.1. The van der Waals surface area contributed by atoms with Gasteiger partial charge < -0.3 is 13.6 Å². The van der Waals surface area contributed by atoms with Gasteiger partial charge in [-0.2, -0.15) is 10.5 Å². The Kier molecular flexibility index (Phi) is 5.64. The van der Waals surface area contributed by atoms with Gasteiger partial charge in [-0.05, 0) is 83.9 Å². The highest BCUT2D eigenvalue weighted by molar-refractivity contribution is 6.13. The second-order valence-corrected chi connectivity index (χ2v) is 12.4. The molecule has 0 aliphatic heterocycles.